The molecule has 94 valence electrons. The van der Waals surface area contributed by atoms with Crippen LogP contribution >= 0.6 is 27.3 Å². The maximum absolute atomic E-state index is 11.7. The van der Waals surface area contributed by atoms with Crippen LogP contribution in [-0.4, -0.2) is 10.9 Å². The Morgan fingerprint density at radius 3 is 2.94 bits per heavy atom. The zero-order valence-electron chi connectivity index (χ0n) is 9.73. The fraction of sp³-hybridized carbons (Fsp3) is 0.231. The lowest BCUT2D eigenvalue weighted by molar-refractivity contribution is -0.116. The SMILES string of the molecule is O=C(CCCc1cccs1)Nc1ccc(Br)nc1. The van der Waals surface area contributed by atoms with Gasteiger partial charge in [-0.3, -0.25) is 4.79 Å². The molecule has 1 amide bonds. The molecular weight excluding hydrogens is 312 g/mol. The minimum absolute atomic E-state index is 0.0377. The van der Waals surface area contributed by atoms with E-state index in [2.05, 4.69) is 37.7 Å². The normalized spacial score (nSPS) is 10.3. The largest absolute Gasteiger partial charge is 0.325 e. The maximum atomic E-state index is 11.7. The van der Waals surface area contributed by atoms with Crippen molar-refractivity contribution in [2.45, 2.75) is 19.3 Å². The Morgan fingerprint density at radius 1 is 1.39 bits per heavy atom. The second-order valence-corrected chi connectivity index (χ2v) is 5.70. The van der Waals surface area contributed by atoms with E-state index in [4.69, 9.17) is 0 Å². The van der Waals surface area contributed by atoms with E-state index in [0.717, 1.165) is 23.1 Å². The Kier molecular flexibility index (Phi) is 4.90. The quantitative estimate of drug-likeness (QED) is 0.848. The maximum Gasteiger partial charge on any atom is 0.224 e. The lowest BCUT2D eigenvalue weighted by Gasteiger charge is -2.04. The molecule has 0 fully saturated rings. The predicted molar refractivity (Wildman–Crippen MR) is 77.8 cm³/mol. The molecule has 2 rings (SSSR count). The standard InChI is InChI=1S/C13H13BrN2OS/c14-12-7-6-10(9-15-12)16-13(17)5-1-3-11-4-2-8-18-11/h2,4,6-9H,1,3,5H2,(H,16,17). The minimum atomic E-state index is 0.0377. The van der Waals surface area contributed by atoms with E-state index in [1.807, 2.05) is 12.1 Å². The molecule has 0 bridgehead atoms. The molecule has 0 aliphatic rings. The summed E-state index contributed by atoms with van der Waals surface area (Å²) in [7, 11) is 0. The number of pyridine rings is 1. The second kappa shape index (κ2) is 6.66. The minimum Gasteiger partial charge on any atom is -0.325 e. The first-order chi connectivity index (χ1) is 8.74. The molecule has 5 heteroatoms. The Balaban J connectivity index is 1.73. The summed E-state index contributed by atoms with van der Waals surface area (Å²) >= 11 is 4.99. The molecule has 2 heterocycles. The summed E-state index contributed by atoms with van der Waals surface area (Å²) < 4.78 is 0.762. The lowest BCUT2D eigenvalue weighted by atomic mass is 10.2. The van der Waals surface area contributed by atoms with Gasteiger partial charge in [0.05, 0.1) is 11.9 Å². The highest BCUT2D eigenvalue weighted by atomic mass is 79.9. The van der Waals surface area contributed by atoms with E-state index in [9.17, 15) is 4.79 Å². The van der Waals surface area contributed by atoms with Crippen molar-refractivity contribution >= 4 is 38.9 Å². The molecule has 18 heavy (non-hydrogen) atoms. The third-order valence-electron chi connectivity index (χ3n) is 2.42. The van der Waals surface area contributed by atoms with Crippen molar-refractivity contribution in [3.8, 4) is 0 Å². The number of thiophene rings is 1. The van der Waals surface area contributed by atoms with Gasteiger partial charge < -0.3 is 5.32 Å². The third kappa shape index (κ3) is 4.23. The van der Waals surface area contributed by atoms with Gasteiger partial charge in [0, 0.05) is 11.3 Å². The fourth-order valence-electron chi connectivity index (χ4n) is 1.55. The number of carbonyl (C=O) groups excluding carboxylic acids is 1. The van der Waals surface area contributed by atoms with Crippen LogP contribution in [0, 0.1) is 0 Å². The summed E-state index contributed by atoms with van der Waals surface area (Å²) in [5.41, 5.74) is 0.735. The van der Waals surface area contributed by atoms with E-state index in [1.165, 1.54) is 4.88 Å². The number of anilines is 1. The topological polar surface area (TPSA) is 42.0 Å². The highest BCUT2D eigenvalue weighted by molar-refractivity contribution is 9.10. The molecule has 0 aliphatic heterocycles. The lowest BCUT2D eigenvalue weighted by Crippen LogP contribution is -2.11. The summed E-state index contributed by atoms with van der Waals surface area (Å²) in [6.07, 6.45) is 4.01. The third-order valence-corrected chi connectivity index (χ3v) is 3.82. The molecule has 0 radical (unpaired) electrons. The number of nitrogens with one attached hydrogen (secondary N) is 1. The number of carbonyl (C=O) groups is 1. The molecule has 0 saturated heterocycles. The second-order valence-electron chi connectivity index (χ2n) is 3.85. The number of nitrogens with zero attached hydrogens (tertiary/aromatic N) is 1. The van der Waals surface area contributed by atoms with Crippen molar-refractivity contribution in [2.24, 2.45) is 0 Å². The summed E-state index contributed by atoms with van der Waals surface area (Å²) in [5, 5.41) is 4.89. The fourth-order valence-corrected chi connectivity index (χ4v) is 2.54. The van der Waals surface area contributed by atoms with Crippen molar-refractivity contribution in [3.05, 3.63) is 45.3 Å². The van der Waals surface area contributed by atoms with Crippen molar-refractivity contribution in [1.29, 1.82) is 0 Å². The number of aromatic nitrogens is 1. The van der Waals surface area contributed by atoms with Crippen LogP contribution in [0.1, 0.15) is 17.7 Å². The molecule has 0 atom stereocenters. The molecule has 0 aromatic carbocycles. The van der Waals surface area contributed by atoms with Crippen molar-refractivity contribution in [1.82, 2.24) is 4.98 Å². The average molecular weight is 325 g/mol. The zero-order chi connectivity index (χ0) is 12.8. The van der Waals surface area contributed by atoms with Crippen molar-refractivity contribution in [2.75, 3.05) is 5.32 Å². The van der Waals surface area contributed by atoms with Gasteiger partial charge in [0.2, 0.25) is 5.91 Å². The molecule has 2 aromatic heterocycles. The molecule has 0 aliphatic carbocycles. The van der Waals surface area contributed by atoms with Crippen LogP contribution in [0.2, 0.25) is 0 Å². The van der Waals surface area contributed by atoms with E-state index >= 15 is 0 Å². The molecule has 0 unspecified atom stereocenters. The van der Waals surface area contributed by atoms with Crippen LogP contribution in [0.25, 0.3) is 0 Å². The highest BCUT2D eigenvalue weighted by Crippen LogP contribution is 2.13. The molecule has 1 N–H and O–H groups in total. The molecule has 3 nitrogen and oxygen atoms in total. The molecule has 0 saturated carbocycles. The van der Waals surface area contributed by atoms with Crippen LogP contribution in [0.15, 0.2) is 40.4 Å². The van der Waals surface area contributed by atoms with Crippen LogP contribution in [0.3, 0.4) is 0 Å². The van der Waals surface area contributed by atoms with Gasteiger partial charge in [-0.15, -0.1) is 11.3 Å². The Morgan fingerprint density at radius 2 is 2.28 bits per heavy atom. The van der Waals surface area contributed by atoms with Gasteiger partial charge in [0.25, 0.3) is 0 Å². The summed E-state index contributed by atoms with van der Waals surface area (Å²) in [4.78, 5) is 17.1. The van der Waals surface area contributed by atoms with E-state index in [1.54, 1.807) is 23.6 Å². The van der Waals surface area contributed by atoms with E-state index in [0.29, 0.717) is 6.42 Å². The zero-order valence-corrected chi connectivity index (χ0v) is 12.1. The van der Waals surface area contributed by atoms with E-state index < -0.39 is 0 Å². The van der Waals surface area contributed by atoms with Gasteiger partial charge in [-0.2, -0.15) is 0 Å². The first-order valence-corrected chi connectivity index (χ1v) is 7.35. The van der Waals surface area contributed by atoms with Crippen LogP contribution < -0.4 is 5.32 Å². The van der Waals surface area contributed by atoms with Gasteiger partial charge in [-0.05, 0) is 52.4 Å². The van der Waals surface area contributed by atoms with Crippen molar-refractivity contribution < 1.29 is 4.79 Å². The Labute approximate surface area is 118 Å². The average Bonchev–Trinajstić information content (AvgIpc) is 2.85. The number of rotatable bonds is 5. The molecule has 0 spiro atoms. The number of hydrogen-bond donors (Lipinski definition) is 1. The summed E-state index contributed by atoms with van der Waals surface area (Å²) in [6, 6.07) is 7.77. The van der Waals surface area contributed by atoms with Crippen LogP contribution in [0.4, 0.5) is 5.69 Å². The van der Waals surface area contributed by atoms with Gasteiger partial charge in [0.15, 0.2) is 0 Å². The number of halogens is 1. The highest BCUT2D eigenvalue weighted by Gasteiger charge is 2.03. The first kappa shape index (κ1) is 13.2. The smallest absolute Gasteiger partial charge is 0.224 e. The number of aryl methyl sites for hydroxylation is 1. The number of amides is 1. The Bertz CT molecular complexity index is 496. The molecular formula is C13H13BrN2OS. The number of hydrogen-bond acceptors (Lipinski definition) is 3. The van der Waals surface area contributed by atoms with E-state index in [-0.39, 0.29) is 5.91 Å². The van der Waals surface area contributed by atoms with Gasteiger partial charge in [0.1, 0.15) is 4.60 Å². The van der Waals surface area contributed by atoms with Crippen LogP contribution in [-0.2, 0) is 11.2 Å². The first-order valence-electron chi connectivity index (χ1n) is 5.68. The Hall–Kier alpha value is -1.20. The van der Waals surface area contributed by atoms with Gasteiger partial charge >= 0.3 is 0 Å². The summed E-state index contributed by atoms with van der Waals surface area (Å²) in [6.45, 7) is 0. The van der Waals surface area contributed by atoms with Gasteiger partial charge in [-0.1, -0.05) is 6.07 Å². The summed E-state index contributed by atoms with van der Waals surface area (Å²) in [5.74, 6) is 0.0377. The van der Waals surface area contributed by atoms with Crippen LogP contribution in [0.5, 0.6) is 0 Å². The predicted octanol–water partition coefficient (Wildman–Crippen LogP) is 3.87. The monoisotopic (exact) mass is 324 g/mol. The molecule has 2 aromatic rings. The van der Waals surface area contributed by atoms with Crippen molar-refractivity contribution in [3.63, 3.8) is 0 Å². The van der Waals surface area contributed by atoms with Gasteiger partial charge in [-0.25, -0.2) is 4.98 Å².